The Kier molecular flexibility index (Phi) is 6.06. The second-order valence-electron chi connectivity index (χ2n) is 6.74. The van der Waals surface area contributed by atoms with Crippen molar-refractivity contribution in [2.75, 3.05) is 26.7 Å². The molecular formula is C17H32N2O2. The second-order valence-corrected chi connectivity index (χ2v) is 6.74. The number of ether oxygens (including phenoxy) is 1. The third-order valence-corrected chi connectivity index (χ3v) is 5.40. The molecule has 122 valence electrons. The van der Waals surface area contributed by atoms with Crippen LogP contribution in [0, 0.1) is 5.92 Å². The van der Waals surface area contributed by atoms with Crippen molar-refractivity contribution in [1.29, 1.82) is 0 Å². The van der Waals surface area contributed by atoms with Gasteiger partial charge in [-0.05, 0) is 65.0 Å². The molecule has 1 heterocycles. The number of rotatable bonds is 6. The van der Waals surface area contributed by atoms with Crippen LogP contribution >= 0.6 is 0 Å². The van der Waals surface area contributed by atoms with Crippen molar-refractivity contribution in [3.63, 3.8) is 0 Å². The molecule has 2 rings (SSSR count). The van der Waals surface area contributed by atoms with Crippen LogP contribution in [0.15, 0.2) is 0 Å². The lowest BCUT2D eigenvalue weighted by atomic mass is 9.78. The third-order valence-electron chi connectivity index (χ3n) is 5.40. The molecule has 3 unspecified atom stereocenters. The molecule has 4 nitrogen and oxygen atoms in total. The number of hydrogen-bond acceptors (Lipinski definition) is 4. The lowest BCUT2D eigenvalue weighted by Crippen LogP contribution is -2.57. The summed E-state index contributed by atoms with van der Waals surface area (Å²) in [6.07, 6.45) is 8.11. The summed E-state index contributed by atoms with van der Waals surface area (Å²) in [6, 6.07) is 0.539. The van der Waals surface area contributed by atoms with E-state index in [1.165, 1.54) is 38.8 Å². The number of esters is 1. The molecule has 0 aromatic rings. The molecular weight excluding hydrogens is 264 g/mol. The summed E-state index contributed by atoms with van der Waals surface area (Å²) in [7, 11) is 1.91. The van der Waals surface area contributed by atoms with Gasteiger partial charge in [-0.25, -0.2) is 0 Å². The van der Waals surface area contributed by atoms with Gasteiger partial charge in [0, 0.05) is 12.6 Å². The molecule has 0 bridgehead atoms. The summed E-state index contributed by atoms with van der Waals surface area (Å²) in [6.45, 7) is 7.06. The zero-order chi connectivity index (χ0) is 15.3. The number of likely N-dealkylation sites (tertiary alicyclic amines) is 1. The summed E-state index contributed by atoms with van der Waals surface area (Å²) < 4.78 is 5.33. The first-order valence-corrected chi connectivity index (χ1v) is 8.75. The van der Waals surface area contributed by atoms with Crippen molar-refractivity contribution in [1.82, 2.24) is 10.2 Å². The summed E-state index contributed by atoms with van der Waals surface area (Å²) in [4.78, 5) is 15.0. The van der Waals surface area contributed by atoms with Gasteiger partial charge < -0.3 is 15.0 Å². The van der Waals surface area contributed by atoms with E-state index >= 15 is 0 Å². The number of hydrogen-bond donors (Lipinski definition) is 1. The van der Waals surface area contributed by atoms with Crippen LogP contribution in [0.1, 0.15) is 58.8 Å². The summed E-state index contributed by atoms with van der Waals surface area (Å²) in [5.41, 5.74) is -0.457. The summed E-state index contributed by atoms with van der Waals surface area (Å²) in [5, 5.41) is 3.29. The Bertz CT molecular complexity index is 348. The van der Waals surface area contributed by atoms with Crippen LogP contribution in [0.4, 0.5) is 0 Å². The van der Waals surface area contributed by atoms with E-state index in [-0.39, 0.29) is 5.97 Å². The van der Waals surface area contributed by atoms with Gasteiger partial charge in [-0.2, -0.15) is 0 Å². The largest absolute Gasteiger partial charge is 0.465 e. The Hall–Kier alpha value is -0.610. The van der Waals surface area contributed by atoms with Crippen LogP contribution < -0.4 is 5.32 Å². The molecule has 1 saturated carbocycles. The van der Waals surface area contributed by atoms with Gasteiger partial charge in [0.05, 0.1) is 6.61 Å². The fourth-order valence-corrected chi connectivity index (χ4v) is 4.18. The first-order chi connectivity index (χ1) is 10.1. The molecule has 0 radical (unpaired) electrons. The lowest BCUT2D eigenvalue weighted by molar-refractivity contribution is -0.153. The van der Waals surface area contributed by atoms with Crippen LogP contribution in [-0.4, -0.2) is 49.2 Å². The highest BCUT2D eigenvalue weighted by Crippen LogP contribution is 2.35. The molecule has 1 aliphatic carbocycles. The van der Waals surface area contributed by atoms with Gasteiger partial charge in [0.15, 0.2) is 0 Å². The molecule has 2 aliphatic rings. The van der Waals surface area contributed by atoms with Crippen molar-refractivity contribution in [2.24, 2.45) is 5.92 Å². The fraction of sp³-hybridized carbons (Fsp3) is 0.941. The van der Waals surface area contributed by atoms with E-state index in [1.54, 1.807) is 0 Å². The number of carbonyl (C=O) groups is 1. The van der Waals surface area contributed by atoms with Crippen LogP contribution in [0.3, 0.4) is 0 Å². The minimum atomic E-state index is -0.457. The number of carbonyl (C=O) groups excluding carboxylic acids is 1. The molecule has 4 heteroatoms. The molecule has 3 atom stereocenters. The maximum atomic E-state index is 12.4. The molecule has 2 fully saturated rings. The minimum absolute atomic E-state index is 0.0542. The van der Waals surface area contributed by atoms with Gasteiger partial charge in [-0.1, -0.05) is 13.3 Å². The zero-order valence-electron chi connectivity index (χ0n) is 14.0. The van der Waals surface area contributed by atoms with Crippen LogP contribution in [0.25, 0.3) is 0 Å². The smallest absolute Gasteiger partial charge is 0.326 e. The van der Waals surface area contributed by atoms with E-state index in [2.05, 4.69) is 17.1 Å². The van der Waals surface area contributed by atoms with Gasteiger partial charge in [0.2, 0.25) is 0 Å². The first-order valence-electron chi connectivity index (χ1n) is 8.75. The molecule has 1 saturated heterocycles. The predicted molar refractivity (Wildman–Crippen MR) is 85.3 cm³/mol. The van der Waals surface area contributed by atoms with Gasteiger partial charge in [0.1, 0.15) is 5.54 Å². The number of likely N-dealkylation sites (N-methyl/N-ethyl adjacent to an activating group) is 1. The van der Waals surface area contributed by atoms with Crippen molar-refractivity contribution in [2.45, 2.75) is 70.4 Å². The first kappa shape index (κ1) is 16.8. The molecule has 1 N–H and O–H groups in total. The maximum absolute atomic E-state index is 12.4. The highest BCUT2D eigenvalue weighted by Gasteiger charge is 2.45. The molecule has 1 aliphatic heterocycles. The Morgan fingerprint density at radius 1 is 1.38 bits per heavy atom. The van der Waals surface area contributed by atoms with Crippen LogP contribution in [0.5, 0.6) is 0 Å². The van der Waals surface area contributed by atoms with Gasteiger partial charge >= 0.3 is 5.97 Å². The Labute approximate surface area is 129 Å². The van der Waals surface area contributed by atoms with E-state index < -0.39 is 5.54 Å². The molecule has 21 heavy (non-hydrogen) atoms. The number of nitrogens with one attached hydrogen (secondary N) is 1. The standard InChI is InChI=1S/C17H32N2O2/c1-4-7-14-9-11-19(13-14)15-8-6-10-17(12-15,18-3)16(20)21-5-2/h14-15,18H,4-13H2,1-3H3. The Morgan fingerprint density at radius 3 is 2.86 bits per heavy atom. The topological polar surface area (TPSA) is 41.6 Å². The van der Waals surface area contributed by atoms with Gasteiger partial charge in [-0.3, -0.25) is 4.79 Å². The number of nitrogens with zero attached hydrogens (tertiary/aromatic N) is 1. The van der Waals surface area contributed by atoms with Crippen LogP contribution in [-0.2, 0) is 9.53 Å². The zero-order valence-corrected chi connectivity index (χ0v) is 14.0. The monoisotopic (exact) mass is 296 g/mol. The maximum Gasteiger partial charge on any atom is 0.326 e. The summed E-state index contributed by atoms with van der Waals surface area (Å²) in [5.74, 6) is 0.810. The molecule has 0 amide bonds. The van der Waals surface area contributed by atoms with Gasteiger partial charge in [-0.15, -0.1) is 0 Å². The highest BCUT2D eigenvalue weighted by atomic mass is 16.5. The predicted octanol–water partition coefficient (Wildman–Crippen LogP) is 2.57. The highest BCUT2D eigenvalue weighted by molar-refractivity contribution is 5.81. The van der Waals surface area contributed by atoms with Gasteiger partial charge in [0.25, 0.3) is 0 Å². The van der Waals surface area contributed by atoms with E-state index in [9.17, 15) is 4.79 Å². The van der Waals surface area contributed by atoms with Crippen molar-refractivity contribution < 1.29 is 9.53 Å². The normalized spacial score (nSPS) is 34.0. The molecule has 0 aromatic carbocycles. The minimum Gasteiger partial charge on any atom is -0.465 e. The van der Waals surface area contributed by atoms with E-state index in [0.29, 0.717) is 12.6 Å². The quantitative estimate of drug-likeness (QED) is 0.765. The SMILES string of the molecule is CCCC1CCN(C2CCCC(NC)(C(=O)OCC)C2)C1. The van der Waals surface area contributed by atoms with Crippen LogP contribution in [0.2, 0.25) is 0 Å². The van der Waals surface area contributed by atoms with Crippen molar-refractivity contribution in [3.8, 4) is 0 Å². The summed E-state index contributed by atoms with van der Waals surface area (Å²) >= 11 is 0. The second kappa shape index (κ2) is 7.59. The molecule has 0 aromatic heterocycles. The van der Waals surface area contributed by atoms with E-state index in [1.807, 2.05) is 14.0 Å². The van der Waals surface area contributed by atoms with E-state index in [4.69, 9.17) is 4.74 Å². The Balaban J connectivity index is 1.98. The third kappa shape index (κ3) is 3.78. The Morgan fingerprint density at radius 2 is 2.19 bits per heavy atom. The fourth-order valence-electron chi connectivity index (χ4n) is 4.18. The van der Waals surface area contributed by atoms with Crippen molar-refractivity contribution >= 4 is 5.97 Å². The van der Waals surface area contributed by atoms with E-state index in [0.717, 1.165) is 25.2 Å². The molecule has 0 spiro atoms. The average molecular weight is 296 g/mol. The average Bonchev–Trinajstić information content (AvgIpc) is 2.96. The lowest BCUT2D eigenvalue weighted by Gasteiger charge is -2.42. The van der Waals surface area contributed by atoms with Crippen molar-refractivity contribution in [3.05, 3.63) is 0 Å².